The first-order chi connectivity index (χ1) is 9.15. The normalized spacial score (nSPS) is 10.8. The number of furan rings is 1. The summed E-state index contributed by atoms with van der Waals surface area (Å²) in [5, 5.41) is 8.81. The van der Waals surface area contributed by atoms with Gasteiger partial charge in [-0.3, -0.25) is 9.59 Å². The predicted octanol–water partition coefficient (Wildman–Crippen LogP) is 2.09. The average Bonchev–Trinajstić information content (AvgIpc) is 2.84. The van der Waals surface area contributed by atoms with Crippen LogP contribution in [0.2, 0.25) is 0 Å². The van der Waals surface area contributed by atoms with E-state index in [0.29, 0.717) is 31.0 Å². The predicted molar refractivity (Wildman–Crippen MR) is 69.2 cm³/mol. The van der Waals surface area contributed by atoms with E-state index in [2.05, 4.69) is 0 Å². The van der Waals surface area contributed by atoms with Gasteiger partial charge < -0.3 is 14.3 Å². The quantitative estimate of drug-likeness (QED) is 0.576. The lowest BCUT2D eigenvalue weighted by Gasteiger charge is -1.99. The molecular formula is C14H18O5. The van der Waals surface area contributed by atoms with E-state index in [1.807, 2.05) is 0 Å². The van der Waals surface area contributed by atoms with Gasteiger partial charge in [0.1, 0.15) is 18.1 Å². The van der Waals surface area contributed by atoms with Crippen molar-refractivity contribution < 1.29 is 23.8 Å². The lowest BCUT2D eigenvalue weighted by atomic mass is 10.1. The second-order valence-electron chi connectivity index (χ2n) is 3.92. The lowest BCUT2D eigenvalue weighted by Crippen LogP contribution is -2.04. The summed E-state index contributed by atoms with van der Waals surface area (Å²) in [5.74, 6) is 0.612. The molecular weight excluding hydrogens is 248 g/mol. The summed E-state index contributed by atoms with van der Waals surface area (Å²) < 4.78 is 9.96. The van der Waals surface area contributed by atoms with E-state index in [4.69, 9.17) is 14.3 Å². The number of rotatable bonds is 8. The van der Waals surface area contributed by atoms with Crippen molar-refractivity contribution in [3.05, 3.63) is 29.7 Å². The monoisotopic (exact) mass is 266 g/mol. The first-order valence-electron chi connectivity index (χ1n) is 6.21. The largest absolute Gasteiger partial charge is 0.466 e. The van der Waals surface area contributed by atoms with Crippen molar-refractivity contribution in [2.45, 2.75) is 32.8 Å². The molecule has 1 heterocycles. The summed E-state index contributed by atoms with van der Waals surface area (Å²) in [7, 11) is 0. The van der Waals surface area contributed by atoms with Crippen molar-refractivity contribution in [2.24, 2.45) is 0 Å². The minimum absolute atomic E-state index is 0.0775. The molecule has 5 nitrogen and oxygen atoms in total. The van der Waals surface area contributed by atoms with Gasteiger partial charge >= 0.3 is 5.97 Å². The molecule has 104 valence electrons. The van der Waals surface area contributed by atoms with Crippen molar-refractivity contribution in [3.63, 3.8) is 0 Å². The fourth-order valence-corrected chi connectivity index (χ4v) is 1.47. The first-order valence-corrected chi connectivity index (χ1v) is 6.21. The van der Waals surface area contributed by atoms with Gasteiger partial charge in [-0.15, -0.1) is 0 Å². The minimum atomic E-state index is -0.280. The zero-order valence-corrected chi connectivity index (χ0v) is 10.9. The number of aliphatic hydroxyl groups excluding tert-OH is 1. The van der Waals surface area contributed by atoms with E-state index in [0.717, 1.165) is 0 Å². The van der Waals surface area contributed by atoms with Gasteiger partial charge in [-0.25, -0.2) is 0 Å². The van der Waals surface area contributed by atoms with E-state index < -0.39 is 0 Å². The highest BCUT2D eigenvalue weighted by molar-refractivity contribution is 5.93. The van der Waals surface area contributed by atoms with Gasteiger partial charge in [-0.1, -0.05) is 0 Å². The molecule has 1 aromatic heterocycles. The maximum Gasteiger partial charge on any atom is 0.305 e. The molecule has 0 aliphatic heterocycles. The van der Waals surface area contributed by atoms with Crippen LogP contribution < -0.4 is 0 Å². The fraction of sp³-hybridized carbons (Fsp3) is 0.429. The molecule has 0 saturated carbocycles. The maximum absolute atomic E-state index is 11.5. The molecule has 1 rings (SSSR count). The molecule has 0 aromatic carbocycles. The molecule has 0 saturated heterocycles. The molecule has 5 heteroatoms. The Morgan fingerprint density at radius 1 is 1.37 bits per heavy atom. The summed E-state index contributed by atoms with van der Waals surface area (Å²) >= 11 is 0. The molecule has 0 amide bonds. The average molecular weight is 266 g/mol. The molecule has 19 heavy (non-hydrogen) atoms. The van der Waals surface area contributed by atoms with Gasteiger partial charge in [0.25, 0.3) is 0 Å². The Morgan fingerprint density at radius 3 is 2.79 bits per heavy atom. The number of carbonyl (C=O) groups excluding carboxylic acids is 2. The van der Waals surface area contributed by atoms with Crippen LogP contribution in [-0.2, 0) is 20.9 Å². The third-order valence-corrected chi connectivity index (χ3v) is 2.38. The van der Waals surface area contributed by atoms with Crippen molar-refractivity contribution in [2.75, 3.05) is 6.61 Å². The molecule has 0 atom stereocenters. The summed E-state index contributed by atoms with van der Waals surface area (Å²) in [6, 6.07) is 3.32. The van der Waals surface area contributed by atoms with Crippen LogP contribution in [-0.4, -0.2) is 23.5 Å². The zero-order chi connectivity index (χ0) is 14.1. The molecule has 0 aliphatic rings. The highest BCUT2D eigenvalue weighted by atomic mass is 16.5. The number of allylic oxidation sites excluding steroid dienone is 1. The lowest BCUT2D eigenvalue weighted by molar-refractivity contribution is -0.143. The van der Waals surface area contributed by atoms with E-state index in [9.17, 15) is 9.59 Å². The third kappa shape index (κ3) is 6.01. The Labute approximate surface area is 111 Å². The Balaban J connectivity index is 2.28. The number of esters is 1. The molecule has 0 bridgehead atoms. The second kappa shape index (κ2) is 8.26. The summed E-state index contributed by atoms with van der Waals surface area (Å²) in [6.45, 7) is 1.94. The van der Waals surface area contributed by atoms with Gasteiger partial charge in [0.15, 0.2) is 5.78 Å². The van der Waals surface area contributed by atoms with Crippen LogP contribution in [0.4, 0.5) is 0 Å². The minimum Gasteiger partial charge on any atom is -0.466 e. The molecule has 0 unspecified atom stereocenters. The van der Waals surface area contributed by atoms with Crippen molar-refractivity contribution in [1.82, 2.24) is 0 Å². The van der Waals surface area contributed by atoms with E-state index >= 15 is 0 Å². The van der Waals surface area contributed by atoms with Gasteiger partial charge in [0.2, 0.25) is 0 Å². The highest BCUT2D eigenvalue weighted by Gasteiger charge is 2.04. The van der Waals surface area contributed by atoms with Crippen LogP contribution in [0.25, 0.3) is 6.08 Å². The Kier molecular flexibility index (Phi) is 6.60. The van der Waals surface area contributed by atoms with Crippen LogP contribution in [0.3, 0.4) is 0 Å². The molecule has 1 aromatic rings. The molecule has 1 N–H and O–H groups in total. The Morgan fingerprint density at radius 2 is 2.16 bits per heavy atom. The summed E-state index contributed by atoms with van der Waals surface area (Å²) in [4.78, 5) is 22.6. The van der Waals surface area contributed by atoms with Gasteiger partial charge in [-0.05, 0) is 37.6 Å². The van der Waals surface area contributed by atoms with Crippen LogP contribution in [0, 0.1) is 0 Å². The number of hydrogen-bond donors (Lipinski definition) is 1. The molecule has 0 spiro atoms. The van der Waals surface area contributed by atoms with E-state index in [-0.39, 0.29) is 24.8 Å². The molecule has 0 fully saturated rings. The third-order valence-electron chi connectivity index (χ3n) is 2.38. The summed E-state index contributed by atoms with van der Waals surface area (Å²) in [6.07, 6.45) is 3.98. The standard InChI is InChI=1S/C14H18O5/c1-2-18-14(17)5-3-4-11(16)6-7-12-8-9-13(10-15)19-12/h6-9,15H,2-5,10H2,1H3. The summed E-state index contributed by atoms with van der Waals surface area (Å²) in [5.41, 5.74) is 0. The fourth-order valence-electron chi connectivity index (χ4n) is 1.47. The van der Waals surface area contributed by atoms with Gasteiger partial charge in [0.05, 0.1) is 6.61 Å². The second-order valence-corrected chi connectivity index (χ2v) is 3.92. The van der Waals surface area contributed by atoms with E-state index in [1.165, 1.54) is 6.08 Å². The van der Waals surface area contributed by atoms with Crippen LogP contribution >= 0.6 is 0 Å². The van der Waals surface area contributed by atoms with Crippen LogP contribution in [0.1, 0.15) is 37.7 Å². The number of aliphatic hydroxyl groups is 1. The number of ketones is 1. The SMILES string of the molecule is CCOC(=O)CCCC(=O)C=Cc1ccc(CO)o1. The van der Waals surface area contributed by atoms with Gasteiger partial charge in [-0.2, -0.15) is 0 Å². The number of hydrogen-bond acceptors (Lipinski definition) is 5. The van der Waals surface area contributed by atoms with Crippen molar-refractivity contribution in [1.29, 1.82) is 0 Å². The number of carbonyl (C=O) groups is 2. The highest BCUT2D eigenvalue weighted by Crippen LogP contribution is 2.10. The topological polar surface area (TPSA) is 76.7 Å². The number of ether oxygens (including phenoxy) is 1. The van der Waals surface area contributed by atoms with Crippen LogP contribution in [0.5, 0.6) is 0 Å². The van der Waals surface area contributed by atoms with Crippen LogP contribution in [0.15, 0.2) is 22.6 Å². The zero-order valence-electron chi connectivity index (χ0n) is 10.9. The Bertz CT molecular complexity index is 444. The molecule has 0 radical (unpaired) electrons. The van der Waals surface area contributed by atoms with Crippen molar-refractivity contribution >= 4 is 17.8 Å². The van der Waals surface area contributed by atoms with Crippen molar-refractivity contribution in [3.8, 4) is 0 Å². The van der Waals surface area contributed by atoms with E-state index in [1.54, 1.807) is 25.1 Å². The maximum atomic E-state index is 11.5. The first kappa shape index (κ1) is 15.2. The smallest absolute Gasteiger partial charge is 0.305 e. The Hall–Kier alpha value is -1.88. The van der Waals surface area contributed by atoms with Gasteiger partial charge in [0, 0.05) is 12.8 Å². The molecule has 0 aliphatic carbocycles.